The molecular weight excluding hydrogens is 348 g/mol. The molecule has 0 saturated heterocycles. The molecule has 0 aliphatic heterocycles. The van der Waals surface area contributed by atoms with E-state index in [2.05, 4.69) is 26.7 Å². The number of hydrogen-bond donors (Lipinski definition) is 2. The van der Waals surface area contributed by atoms with E-state index in [0.29, 0.717) is 16.5 Å². The Morgan fingerprint density at radius 1 is 1.23 bits per heavy atom. The first-order valence-electron chi connectivity index (χ1n) is 8.94. The van der Waals surface area contributed by atoms with Crippen molar-refractivity contribution in [2.24, 2.45) is 0 Å². The van der Waals surface area contributed by atoms with Crippen molar-refractivity contribution in [3.63, 3.8) is 0 Å². The third-order valence-electron chi connectivity index (χ3n) is 4.54. The summed E-state index contributed by atoms with van der Waals surface area (Å²) in [7, 11) is 0. The van der Waals surface area contributed by atoms with Crippen molar-refractivity contribution in [3.05, 3.63) is 58.5 Å². The van der Waals surface area contributed by atoms with Gasteiger partial charge in [0, 0.05) is 17.3 Å². The van der Waals surface area contributed by atoms with Crippen LogP contribution in [0.1, 0.15) is 48.2 Å². The molecule has 1 aromatic heterocycles. The molecule has 1 heterocycles. The van der Waals surface area contributed by atoms with Gasteiger partial charge in [0.15, 0.2) is 0 Å². The Kier molecular flexibility index (Phi) is 6.23. The van der Waals surface area contributed by atoms with Gasteiger partial charge >= 0.3 is 0 Å². The zero-order chi connectivity index (χ0) is 18.4. The molecule has 3 rings (SSSR count). The van der Waals surface area contributed by atoms with Crippen LogP contribution in [0.5, 0.6) is 0 Å². The highest BCUT2D eigenvalue weighted by molar-refractivity contribution is 6.31. The van der Waals surface area contributed by atoms with Gasteiger partial charge in [-0.2, -0.15) is 0 Å². The number of rotatable bonds is 6. The van der Waals surface area contributed by atoms with Crippen molar-refractivity contribution in [3.8, 4) is 0 Å². The summed E-state index contributed by atoms with van der Waals surface area (Å²) < 4.78 is 0. The number of hydrogen-bond acceptors (Lipinski definition) is 4. The number of aromatic nitrogens is 2. The fraction of sp³-hybridized carbons (Fsp3) is 0.350. The summed E-state index contributed by atoms with van der Waals surface area (Å²) >= 11 is 6.08. The maximum atomic E-state index is 12.3. The van der Waals surface area contributed by atoms with Crippen LogP contribution < -0.4 is 10.6 Å². The van der Waals surface area contributed by atoms with Crippen LogP contribution in [-0.4, -0.2) is 22.4 Å². The SMILES string of the molecule is Cc1c(Cl)cccc1NC(=O)c1cnc(NCCC2=CCCCC2)cn1. The molecule has 6 heteroatoms. The van der Waals surface area contributed by atoms with Crippen molar-refractivity contribution in [1.29, 1.82) is 0 Å². The fourth-order valence-electron chi connectivity index (χ4n) is 2.95. The van der Waals surface area contributed by atoms with E-state index in [0.717, 1.165) is 18.5 Å². The monoisotopic (exact) mass is 370 g/mol. The van der Waals surface area contributed by atoms with Gasteiger partial charge in [0.1, 0.15) is 11.5 Å². The van der Waals surface area contributed by atoms with Crippen LogP contribution in [0.3, 0.4) is 0 Å². The number of amides is 1. The highest BCUT2D eigenvalue weighted by Crippen LogP contribution is 2.23. The predicted molar refractivity (Wildman–Crippen MR) is 106 cm³/mol. The van der Waals surface area contributed by atoms with Gasteiger partial charge < -0.3 is 10.6 Å². The van der Waals surface area contributed by atoms with E-state index in [1.165, 1.54) is 37.5 Å². The first kappa shape index (κ1) is 18.4. The minimum atomic E-state index is -0.304. The molecule has 136 valence electrons. The Hall–Kier alpha value is -2.40. The molecule has 0 spiro atoms. The maximum absolute atomic E-state index is 12.3. The summed E-state index contributed by atoms with van der Waals surface area (Å²) in [4.78, 5) is 20.8. The number of nitrogens with one attached hydrogen (secondary N) is 2. The number of benzene rings is 1. The minimum absolute atomic E-state index is 0.268. The summed E-state index contributed by atoms with van der Waals surface area (Å²) in [5, 5.41) is 6.69. The summed E-state index contributed by atoms with van der Waals surface area (Å²) in [5.74, 6) is 0.374. The summed E-state index contributed by atoms with van der Waals surface area (Å²) in [5.41, 5.74) is 3.28. The standard InChI is InChI=1S/C20H23ClN4O/c1-14-16(21)8-5-9-17(14)25-20(26)18-12-24-19(13-23-18)22-11-10-15-6-3-2-4-7-15/h5-6,8-9,12-13H,2-4,7,10-11H2,1H3,(H,22,24)(H,25,26). The van der Waals surface area contributed by atoms with E-state index >= 15 is 0 Å². The van der Waals surface area contributed by atoms with E-state index in [9.17, 15) is 4.79 Å². The van der Waals surface area contributed by atoms with Gasteiger partial charge in [-0.05, 0) is 56.7 Å². The number of allylic oxidation sites excluding steroid dienone is 1. The number of carbonyl (C=O) groups is 1. The Balaban J connectivity index is 1.54. The van der Waals surface area contributed by atoms with E-state index in [-0.39, 0.29) is 11.6 Å². The first-order chi connectivity index (χ1) is 12.6. The zero-order valence-electron chi connectivity index (χ0n) is 14.9. The second-order valence-corrected chi connectivity index (χ2v) is 6.85. The van der Waals surface area contributed by atoms with E-state index < -0.39 is 0 Å². The molecule has 5 nitrogen and oxygen atoms in total. The number of carbonyl (C=O) groups excluding carboxylic acids is 1. The van der Waals surface area contributed by atoms with E-state index in [1.807, 2.05) is 13.0 Å². The van der Waals surface area contributed by atoms with Gasteiger partial charge in [-0.25, -0.2) is 9.97 Å². The van der Waals surface area contributed by atoms with Gasteiger partial charge in [-0.1, -0.05) is 29.3 Å². The molecule has 0 saturated carbocycles. The van der Waals surface area contributed by atoms with Crippen molar-refractivity contribution in [2.75, 3.05) is 17.2 Å². The lowest BCUT2D eigenvalue weighted by Crippen LogP contribution is -2.15. The zero-order valence-corrected chi connectivity index (χ0v) is 15.6. The average Bonchev–Trinajstić information content (AvgIpc) is 2.67. The lowest BCUT2D eigenvalue weighted by atomic mass is 9.97. The molecular formula is C20H23ClN4O. The van der Waals surface area contributed by atoms with E-state index in [1.54, 1.807) is 18.3 Å². The molecule has 0 bridgehead atoms. The van der Waals surface area contributed by atoms with Crippen molar-refractivity contribution >= 4 is 29.0 Å². The normalized spacial score (nSPS) is 13.8. The van der Waals surface area contributed by atoms with Crippen LogP contribution in [0.4, 0.5) is 11.5 Å². The third kappa shape index (κ3) is 4.82. The molecule has 1 aliphatic rings. The summed E-state index contributed by atoms with van der Waals surface area (Å²) in [6, 6.07) is 5.39. The second kappa shape index (κ2) is 8.81. The quantitative estimate of drug-likeness (QED) is 0.702. The Morgan fingerprint density at radius 2 is 2.12 bits per heavy atom. The molecule has 0 fully saturated rings. The summed E-state index contributed by atoms with van der Waals surface area (Å²) in [6.07, 6.45) is 11.5. The van der Waals surface area contributed by atoms with Crippen molar-refractivity contribution in [2.45, 2.75) is 39.0 Å². The molecule has 0 unspecified atom stereocenters. The molecule has 1 aliphatic carbocycles. The molecule has 26 heavy (non-hydrogen) atoms. The third-order valence-corrected chi connectivity index (χ3v) is 4.95. The van der Waals surface area contributed by atoms with Crippen LogP contribution in [0, 0.1) is 6.92 Å². The van der Waals surface area contributed by atoms with Crippen molar-refractivity contribution < 1.29 is 4.79 Å². The molecule has 0 radical (unpaired) electrons. The van der Waals surface area contributed by atoms with Gasteiger partial charge in [-0.15, -0.1) is 0 Å². The Labute approximate surface area is 158 Å². The highest BCUT2D eigenvalue weighted by Gasteiger charge is 2.11. The summed E-state index contributed by atoms with van der Waals surface area (Å²) in [6.45, 7) is 2.69. The van der Waals surface area contributed by atoms with Crippen LogP contribution >= 0.6 is 11.6 Å². The van der Waals surface area contributed by atoms with Gasteiger partial charge in [0.05, 0.1) is 12.4 Å². The predicted octanol–water partition coefficient (Wildman–Crippen LogP) is 4.99. The number of anilines is 2. The maximum Gasteiger partial charge on any atom is 0.275 e. The second-order valence-electron chi connectivity index (χ2n) is 6.44. The van der Waals surface area contributed by atoms with Gasteiger partial charge in [0.25, 0.3) is 5.91 Å². The number of halogens is 1. The highest BCUT2D eigenvalue weighted by atomic mass is 35.5. The molecule has 0 atom stereocenters. The smallest absolute Gasteiger partial charge is 0.275 e. The van der Waals surface area contributed by atoms with Crippen LogP contribution in [0.15, 0.2) is 42.2 Å². The molecule has 2 N–H and O–H groups in total. The lowest BCUT2D eigenvalue weighted by molar-refractivity contribution is 0.102. The molecule has 2 aromatic rings. The fourth-order valence-corrected chi connectivity index (χ4v) is 3.12. The minimum Gasteiger partial charge on any atom is -0.368 e. The molecule has 1 amide bonds. The Bertz CT molecular complexity index is 802. The largest absolute Gasteiger partial charge is 0.368 e. The number of nitrogens with zero attached hydrogens (tertiary/aromatic N) is 2. The average molecular weight is 371 g/mol. The molecule has 1 aromatic carbocycles. The Morgan fingerprint density at radius 3 is 2.85 bits per heavy atom. The van der Waals surface area contributed by atoms with E-state index in [4.69, 9.17) is 11.6 Å². The first-order valence-corrected chi connectivity index (χ1v) is 9.31. The van der Waals surface area contributed by atoms with Crippen molar-refractivity contribution in [1.82, 2.24) is 9.97 Å². The van der Waals surface area contributed by atoms with Crippen LogP contribution in [0.2, 0.25) is 5.02 Å². The lowest BCUT2D eigenvalue weighted by Gasteiger charge is -2.13. The van der Waals surface area contributed by atoms with Gasteiger partial charge in [0.2, 0.25) is 0 Å². The van der Waals surface area contributed by atoms with Crippen LogP contribution in [-0.2, 0) is 0 Å². The van der Waals surface area contributed by atoms with Crippen LogP contribution in [0.25, 0.3) is 0 Å². The van der Waals surface area contributed by atoms with Gasteiger partial charge in [-0.3, -0.25) is 4.79 Å². The topological polar surface area (TPSA) is 66.9 Å².